The van der Waals surface area contributed by atoms with Gasteiger partial charge in [0, 0.05) is 52.1 Å². The summed E-state index contributed by atoms with van der Waals surface area (Å²) in [4.78, 5) is 4.33. The minimum Gasteiger partial charge on any atom is -0.493 e. The lowest BCUT2D eigenvalue weighted by Crippen LogP contribution is -2.30. The zero-order valence-electron chi connectivity index (χ0n) is 18.1. The summed E-state index contributed by atoms with van der Waals surface area (Å²) in [5.74, 6) is 1.52. The summed E-state index contributed by atoms with van der Waals surface area (Å²) in [6.07, 6.45) is 1.88. The number of rotatable bonds is 12. The molecule has 166 valence electrons. The Hall–Kier alpha value is -1.84. The lowest BCUT2D eigenvalue weighted by atomic mass is 10.1. The smallest absolute Gasteiger partial charge is 0.195 e. The highest BCUT2D eigenvalue weighted by atomic mass is 127. The van der Waals surface area contributed by atoms with Crippen LogP contribution in [0.3, 0.4) is 0 Å². The first-order valence-electron chi connectivity index (χ1n) is 10.1. The van der Waals surface area contributed by atoms with E-state index < -0.39 is 0 Å². The molecule has 2 N–H and O–H groups in total. The van der Waals surface area contributed by atoms with E-state index in [1.807, 2.05) is 36.4 Å². The average molecular weight is 527 g/mol. The molecule has 0 aliphatic rings. The van der Waals surface area contributed by atoms with E-state index in [1.165, 1.54) is 11.1 Å². The minimum atomic E-state index is 0. The highest BCUT2D eigenvalue weighted by Gasteiger charge is 2.05. The van der Waals surface area contributed by atoms with Gasteiger partial charge in [-0.15, -0.1) is 24.0 Å². The number of nitrogens with zero attached hydrogens (tertiary/aromatic N) is 1. The van der Waals surface area contributed by atoms with E-state index >= 15 is 0 Å². The van der Waals surface area contributed by atoms with Crippen molar-refractivity contribution in [1.29, 1.82) is 0 Å². The predicted octanol–water partition coefficient (Wildman–Crippen LogP) is 4.83. The van der Waals surface area contributed by atoms with Crippen LogP contribution in [0.5, 0.6) is 5.75 Å². The average Bonchev–Trinajstić information content (AvgIpc) is 2.75. The molecule has 0 radical (unpaired) electrons. The Morgan fingerprint density at radius 3 is 2.53 bits per heavy atom. The lowest BCUT2D eigenvalue weighted by molar-refractivity contribution is 0.121. The Morgan fingerprint density at radius 1 is 1.00 bits per heavy atom. The van der Waals surface area contributed by atoms with Crippen molar-refractivity contribution >= 4 is 35.6 Å². The summed E-state index contributed by atoms with van der Waals surface area (Å²) in [7, 11) is 3.45. The number of hydrogen-bond donors (Lipinski definition) is 2. The molecule has 0 aliphatic heterocycles. The van der Waals surface area contributed by atoms with E-state index in [0.29, 0.717) is 32.3 Å². The van der Waals surface area contributed by atoms with Crippen LogP contribution in [0.15, 0.2) is 53.5 Å². The van der Waals surface area contributed by atoms with Crippen LogP contribution in [-0.2, 0) is 22.6 Å². The molecule has 0 amide bonds. The monoisotopic (exact) mass is 527 g/mol. The second kappa shape index (κ2) is 15.9. The maximum Gasteiger partial charge on any atom is 0.195 e. The number of ether oxygens (including phenoxy) is 3. The van der Waals surface area contributed by atoms with Crippen LogP contribution in [0.1, 0.15) is 30.9 Å². The molecule has 2 aromatic carbocycles. The summed E-state index contributed by atoms with van der Waals surface area (Å²) in [5.41, 5.74) is 3.30. The van der Waals surface area contributed by atoms with E-state index in [2.05, 4.69) is 34.7 Å². The van der Waals surface area contributed by atoms with Gasteiger partial charge < -0.3 is 24.8 Å². The molecule has 0 heterocycles. The number of methoxy groups -OCH3 is 1. The van der Waals surface area contributed by atoms with E-state index in [1.54, 1.807) is 14.2 Å². The third-order valence-electron chi connectivity index (χ3n) is 4.25. The van der Waals surface area contributed by atoms with Crippen molar-refractivity contribution in [3.8, 4) is 5.75 Å². The molecule has 0 bridgehead atoms. The first kappa shape index (κ1) is 26.2. The van der Waals surface area contributed by atoms with Crippen molar-refractivity contribution in [3.05, 3.63) is 59.7 Å². The fourth-order valence-corrected chi connectivity index (χ4v) is 2.75. The zero-order valence-corrected chi connectivity index (χ0v) is 20.5. The van der Waals surface area contributed by atoms with Crippen LogP contribution in [0.2, 0.25) is 0 Å². The SMILES string of the molecule is CCCOCc1ccccc1CNC(=NC)Nc1cccc(OCCCOC)c1.I. The molecule has 0 spiro atoms. The van der Waals surface area contributed by atoms with Gasteiger partial charge in [-0.2, -0.15) is 0 Å². The molecule has 0 saturated heterocycles. The standard InChI is InChI=1S/C23H33N3O3.HI/c1-4-13-28-18-20-10-6-5-9-19(20)17-25-23(24-2)26-21-11-7-12-22(16-21)29-15-8-14-27-3;/h5-7,9-12,16H,4,8,13-15,17-18H2,1-3H3,(H2,24,25,26);1H. The van der Waals surface area contributed by atoms with Gasteiger partial charge in [0.15, 0.2) is 5.96 Å². The number of anilines is 1. The van der Waals surface area contributed by atoms with Crippen LogP contribution >= 0.6 is 24.0 Å². The van der Waals surface area contributed by atoms with E-state index in [0.717, 1.165) is 30.9 Å². The summed E-state index contributed by atoms with van der Waals surface area (Å²) < 4.78 is 16.5. The van der Waals surface area contributed by atoms with Crippen LogP contribution in [0.4, 0.5) is 5.69 Å². The number of nitrogens with one attached hydrogen (secondary N) is 2. The third-order valence-corrected chi connectivity index (χ3v) is 4.25. The molecule has 0 fully saturated rings. The van der Waals surface area contributed by atoms with Gasteiger partial charge in [0.05, 0.1) is 13.2 Å². The quantitative estimate of drug-likeness (QED) is 0.179. The van der Waals surface area contributed by atoms with Gasteiger partial charge in [-0.1, -0.05) is 37.3 Å². The third kappa shape index (κ3) is 9.77. The zero-order chi connectivity index (χ0) is 20.7. The van der Waals surface area contributed by atoms with Crippen molar-refractivity contribution in [1.82, 2.24) is 5.32 Å². The van der Waals surface area contributed by atoms with Crippen molar-refractivity contribution < 1.29 is 14.2 Å². The Labute approximate surface area is 197 Å². The Kier molecular flexibility index (Phi) is 13.9. The van der Waals surface area contributed by atoms with Crippen molar-refractivity contribution in [2.45, 2.75) is 32.9 Å². The van der Waals surface area contributed by atoms with Gasteiger partial charge in [0.25, 0.3) is 0 Å². The predicted molar refractivity (Wildman–Crippen MR) is 134 cm³/mol. The fourth-order valence-electron chi connectivity index (χ4n) is 2.75. The second-order valence-electron chi connectivity index (χ2n) is 6.59. The molecule has 7 heteroatoms. The summed E-state index contributed by atoms with van der Waals surface area (Å²) >= 11 is 0. The topological polar surface area (TPSA) is 64.1 Å². The van der Waals surface area contributed by atoms with Gasteiger partial charge >= 0.3 is 0 Å². The maximum absolute atomic E-state index is 5.76. The molecule has 2 rings (SSSR count). The highest BCUT2D eigenvalue weighted by Crippen LogP contribution is 2.17. The highest BCUT2D eigenvalue weighted by molar-refractivity contribution is 14.0. The Morgan fingerprint density at radius 2 is 1.80 bits per heavy atom. The number of guanidine groups is 1. The van der Waals surface area contributed by atoms with E-state index in [9.17, 15) is 0 Å². The molecular weight excluding hydrogens is 493 g/mol. The molecule has 6 nitrogen and oxygen atoms in total. The maximum atomic E-state index is 5.76. The van der Waals surface area contributed by atoms with Crippen LogP contribution in [-0.4, -0.2) is 39.9 Å². The van der Waals surface area contributed by atoms with Crippen LogP contribution in [0.25, 0.3) is 0 Å². The minimum absolute atomic E-state index is 0. The number of benzene rings is 2. The number of aliphatic imine (C=N–C) groups is 1. The lowest BCUT2D eigenvalue weighted by Gasteiger charge is -2.15. The van der Waals surface area contributed by atoms with Crippen molar-refractivity contribution in [2.24, 2.45) is 4.99 Å². The largest absolute Gasteiger partial charge is 0.493 e. The van der Waals surface area contributed by atoms with Crippen molar-refractivity contribution in [2.75, 3.05) is 39.3 Å². The first-order chi connectivity index (χ1) is 14.3. The molecule has 0 saturated carbocycles. The fraction of sp³-hybridized carbons (Fsp3) is 0.435. The molecule has 0 atom stereocenters. The van der Waals surface area contributed by atoms with Gasteiger partial charge in [0.2, 0.25) is 0 Å². The molecule has 0 aromatic heterocycles. The van der Waals surface area contributed by atoms with Gasteiger partial charge in [-0.3, -0.25) is 4.99 Å². The van der Waals surface area contributed by atoms with E-state index in [4.69, 9.17) is 14.2 Å². The van der Waals surface area contributed by atoms with Crippen LogP contribution in [0, 0.1) is 0 Å². The van der Waals surface area contributed by atoms with Gasteiger partial charge in [0.1, 0.15) is 5.75 Å². The Bertz CT molecular complexity index is 756. The first-order valence-corrected chi connectivity index (χ1v) is 10.1. The Balaban J connectivity index is 0.00000450. The number of halogens is 1. The van der Waals surface area contributed by atoms with Crippen molar-refractivity contribution in [3.63, 3.8) is 0 Å². The normalized spacial score (nSPS) is 11.0. The molecule has 0 aliphatic carbocycles. The molecule has 2 aromatic rings. The van der Waals surface area contributed by atoms with Crippen LogP contribution < -0.4 is 15.4 Å². The van der Waals surface area contributed by atoms with Gasteiger partial charge in [-0.25, -0.2) is 0 Å². The number of hydrogen-bond acceptors (Lipinski definition) is 4. The summed E-state index contributed by atoms with van der Waals surface area (Å²) in [6.45, 7) is 5.50. The molecular formula is C23H34IN3O3. The molecule has 30 heavy (non-hydrogen) atoms. The van der Waals surface area contributed by atoms with Gasteiger partial charge in [-0.05, 0) is 29.7 Å². The summed E-state index contributed by atoms with van der Waals surface area (Å²) in [6, 6.07) is 16.2. The molecule has 0 unspecified atom stereocenters. The summed E-state index contributed by atoms with van der Waals surface area (Å²) in [5, 5.41) is 6.69. The van der Waals surface area contributed by atoms with E-state index in [-0.39, 0.29) is 24.0 Å². The second-order valence-corrected chi connectivity index (χ2v) is 6.59.